The van der Waals surface area contributed by atoms with Crippen molar-refractivity contribution in [3.05, 3.63) is 28.2 Å². The fourth-order valence-electron chi connectivity index (χ4n) is 1.39. The van der Waals surface area contributed by atoms with Crippen molar-refractivity contribution >= 4 is 15.9 Å². The van der Waals surface area contributed by atoms with Crippen molar-refractivity contribution in [2.75, 3.05) is 19.7 Å². The van der Waals surface area contributed by atoms with Gasteiger partial charge in [-0.3, -0.25) is 0 Å². The molecule has 14 heavy (non-hydrogen) atoms. The first-order chi connectivity index (χ1) is 6.75. The van der Waals surface area contributed by atoms with Gasteiger partial charge in [-0.05, 0) is 30.7 Å². The summed E-state index contributed by atoms with van der Waals surface area (Å²) in [4.78, 5) is 0. The van der Waals surface area contributed by atoms with Crippen LogP contribution >= 0.6 is 15.9 Å². The highest BCUT2D eigenvalue weighted by molar-refractivity contribution is 9.10. The van der Waals surface area contributed by atoms with Gasteiger partial charge >= 0.3 is 0 Å². The highest BCUT2D eigenvalue weighted by Crippen LogP contribution is 2.22. The molecular formula is C11H14BrNO. The molecule has 1 aromatic rings. The first-order valence-electron chi connectivity index (χ1n) is 4.85. The standard InChI is InChI=1S/C11H14BrNO/c1-8-4-10(2-3-11(8)12)14-7-9-5-13-6-9/h2-4,9,13H,5-7H2,1H3. The van der Waals surface area contributed by atoms with E-state index in [-0.39, 0.29) is 0 Å². The molecule has 0 aliphatic carbocycles. The van der Waals surface area contributed by atoms with E-state index in [0.717, 1.165) is 29.9 Å². The summed E-state index contributed by atoms with van der Waals surface area (Å²) in [6.07, 6.45) is 0. The van der Waals surface area contributed by atoms with Crippen molar-refractivity contribution in [3.63, 3.8) is 0 Å². The average Bonchev–Trinajstić information content (AvgIpc) is 2.08. The second-order valence-electron chi connectivity index (χ2n) is 3.75. The monoisotopic (exact) mass is 255 g/mol. The van der Waals surface area contributed by atoms with Gasteiger partial charge in [0.25, 0.3) is 0 Å². The van der Waals surface area contributed by atoms with Crippen LogP contribution in [0.15, 0.2) is 22.7 Å². The maximum atomic E-state index is 5.68. The van der Waals surface area contributed by atoms with Crippen molar-refractivity contribution in [1.82, 2.24) is 5.32 Å². The van der Waals surface area contributed by atoms with Crippen LogP contribution in [-0.2, 0) is 0 Å². The molecule has 1 saturated heterocycles. The van der Waals surface area contributed by atoms with Crippen LogP contribution in [0.5, 0.6) is 5.75 Å². The van der Waals surface area contributed by atoms with Gasteiger partial charge in [-0.25, -0.2) is 0 Å². The van der Waals surface area contributed by atoms with E-state index < -0.39 is 0 Å². The molecule has 2 rings (SSSR count). The number of benzene rings is 1. The van der Waals surface area contributed by atoms with Crippen LogP contribution in [0.2, 0.25) is 0 Å². The summed E-state index contributed by atoms with van der Waals surface area (Å²) in [6.45, 7) is 5.08. The molecule has 1 heterocycles. The molecule has 2 nitrogen and oxygen atoms in total. The summed E-state index contributed by atoms with van der Waals surface area (Å²) in [6, 6.07) is 6.10. The molecule has 1 aromatic carbocycles. The summed E-state index contributed by atoms with van der Waals surface area (Å²) >= 11 is 3.47. The molecular weight excluding hydrogens is 242 g/mol. The van der Waals surface area contributed by atoms with E-state index in [0.29, 0.717) is 5.92 Å². The highest BCUT2D eigenvalue weighted by Gasteiger charge is 2.16. The molecule has 76 valence electrons. The molecule has 0 bridgehead atoms. The van der Waals surface area contributed by atoms with Gasteiger partial charge in [0.2, 0.25) is 0 Å². The normalized spacial score (nSPS) is 16.4. The van der Waals surface area contributed by atoms with Gasteiger partial charge in [0.05, 0.1) is 6.61 Å². The molecule has 1 aliphatic rings. The lowest BCUT2D eigenvalue weighted by atomic mass is 10.1. The van der Waals surface area contributed by atoms with Crippen LogP contribution in [-0.4, -0.2) is 19.7 Å². The second-order valence-corrected chi connectivity index (χ2v) is 4.60. The molecule has 1 fully saturated rings. The van der Waals surface area contributed by atoms with Gasteiger partial charge < -0.3 is 10.1 Å². The van der Waals surface area contributed by atoms with Gasteiger partial charge in [-0.2, -0.15) is 0 Å². The number of halogens is 1. The van der Waals surface area contributed by atoms with E-state index in [4.69, 9.17) is 4.74 Å². The Morgan fingerprint density at radius 2 is 2.29 bits per heavy atom. The smallest absolute Gasteiger partial charge is 0.119 e. The van der Waals surface area contributed by atoms with Crippen LogP contribution in [0, 0.1) is 12.8 Å². The molecule has 1 aliphatic heterocycles. The molecule has 0 spiro atoms. The molecule has 1 N–H and O–H groups in total. The van der Waals surface area contributed by atoms with E-state index in [1.807, 2.05) is 12.1 Å². The number of hydrogen-bond acceptors (Lipinski definition) is 2. The molecule has 3 heteroatoms. The topological polar surface area (TPSA) is 21.3 Å². The summed E-state index contributed by atoms with van der Waals surface area (Å²) in [7, 11) is 0. The van der Waals surface area contributed by atoms with Gasteiger partial charge in [-0.15, -0.1) is 0 Å². The Labute approximate surface area is 92.8 Å². The van der Waals surface area contributed by atoms with Crippen molar-refractivity contribution in [2.24, 2.45) is 5.92 Å². The lowest BCUT2D eigenvalue weighted by Crippen LogP contribution is -2.45. The zero-order chi connectivity index (χ0) is 9.97. The largest absolute Gasteiger partial charge is 0.493 e. The number of aryl methyl sites for hydroxylation is 1. The van der Waals surface area contributed by atoms with Crippen molar-refractivity contribution < 1.29 is 4.74 Å². The molecule has 0 radical (unpaired) electrons. The Morgan fingerprint density at radius 1 is 1.50 bits per heavy atom. The van der Waals surface area contributed by atoms with E-state index >= 15 is 0 Å². The van der Waals surface area contributed by atoms with Gasteiger partial charge in [-0.1, -0.05) is 15.9 Å². The quantitative estimate of drug-likeness (QED) is 0.896. The van der Waals surface area contributed by atoms with Crippen LogP contribution in [0.25, 0.3) is 0 Å². The maximum absolute atomic E-state index is 5.68. The predicted octanol–water partition coefficient (Wildman–Crippen LogP) is 2.36. The van der Waals surface area contributed by atoms with Crippen LogP contribution < -0.4 is 10.1 Å². The summed E-state index contributed by atoms with van der Waals surface area (Å²) in [5, 5.41) is 3.23. The molecule has 0 atom stereocenters. The zero-order valence-electron chi connectivity index (χ0n) is 8.22. The Balaban J connectivity index is 1.91. The van der Waals surface area contributed by atoms with Crippen molar-refractivity contribution in [2.45, 2.75) is 6.92 Å². The third-order valence-corrected chi connectivity index (χ3v) is 3.37. The Bertz CT molecular complexity index is 323. The fourth-order valence-corrected chi connectivity index (χ4v) is 1.63. The number of hydrogen-bond donors (Lipinski definition) is 1. The maximum Gasteiger partial charge on any atom is 0.119 e. The molecule has 0 unspecified atom stereocenters. The number of ether oxygens (including phenoxy) is 1. The zero-order valence-corrected chi connectivity index (χ0v) is 9.80. The number of nitrogens with one attached hydrogen (secondary N) is 1. The van der Waals surface area contributed by atoms with Crippen LogP contribution in [0.1, 0.15) is 5.56 Å². The first-order valence-corrected chi connectivity index (χ1v) is 5.64. The molecule has 0 amide bonds. The van der Waals surface area contributed by atoms with E-state index in [1.165, 1.54) is 5.56 Å². The van der Waals surface area contributed by atoms with Gasteiger partial charge in [0.15, 0.2) is 0 Å². The predicted molar refractivity (Wildman–Crippen MR) is 60.7 cm³/mol. The minimum Gasteiger partial charge on any atom is -0.493 e. The second kappa shape index (κ2) is 4.32. The lowest BCUT2D eigenvalue weighted by Gasteiger charge is -2.26. The first kappa shape index (κ1) is 9.99. The summed E-state index contributed by atoms with van der Waals surface area (Å²) < 4.78 is 6.82. The van der Waals surface area contributed by atoms with Crippen LogP contribution in [0.4, 0.5) is 0 Å². The summed E-state index contributed by atoms with van der Waals surface area (Å²) in [5.41, 5.74) is 1.22. The Kier molecular flexibility index (Phi) is 3.08. The SMILES string of the molecule is Cc1cc(OCC2CNC2)ccc1Br. The van der Waals surface area contributed by atoms with Crippen LogP contribution in [0.3, 0.4) is 0 Å². The highest BCUT2D eigenvalue weighted by atomic mass is 79.9. The molecule has 0 saturated carbocycles. The molecule has 0 aromatic heterocycles. The van der Waals surface area contributed by atoms with E-state index in [1.54, 1.807) is 0 Å². The Hall–Kier alpha value is -0.540. The average molecular weight is 256 g/mol. The minimum absolute atomic E-state index is 0.693. The minimum atomic E-state index is 0.693. The van der Waals surface area contributed by atoms with E-state index in [9.17, 15) is 0 Å². The van der Waals surface area contributed by atoms with Crippen molar-refractivity contribution in [3.8, 4) is 5.75 Å². The number of rotatable bonds is 3. The lowest BCUT2D eigenvalue weighted by molar-refractivity contribution is 0.199. The van der Waals surface area contributed by atoms with Gasteiger partial charge in [0.1, 0.15) is 5.75 Å². The third-order valence-electron chi connectivity index (χ3n) is 2.48. The summed E-state index contributed by atoms with van der Waals surface area (Å²) in [5.74, 6) is 1.66. The van der Waals surface area contributed by atoms with E-state index in [2.05, 4.69) is 34.2 Å². The van der Waals surface area contributed by atoms with Gasteiger partial charge in [0, 0.05) is 23.5 Å². The fraction of sp³-hybridized carbons (Fsp3) is 0.455. The van der Waals surface area contributed by atoms with Crippen molar-refractivity contribution in [1.29, 1.82) is 0 Å². The third kappa shape index (κ3) is 2.28. The Morgan fingerprint density at radius 3 is 2.86 bits per heavy atom.